The van der Waals surface area contributed by atoms with Crippen molar-refractivity contribution in [1.29, 1.82) is 0 Å². The van der Waals surface area contributed by atoms with Gasteiger partial charge in [-0.1, -0.05) is 26.8 Å². The number of carbonyl (C=O) groups excluding carboxylic acids is 1. The molecule has 1 N–H and O–H groups in total. The Kier molecular flexibility index (Phi) is 6.35. The van der Waals surface area contributed by atoms with E-state index in [1.54, 1.807) is 0 Å². The lowest BCUT2D eigenvalue weighted by molar-refractivity contribution is 0.0636. The molecule has 0 bridgehead atoms. The molecular weight excluding hydrogens is 326 g/mol. The van der Waals surface area contributed by atoms with Gasteiger partial charge in [-0.15, -0.1) is 0 Å². The minimum atomic E-state index is -0.506. The standard InChI is InChI=1S/C21H35N3O2/c1-20(2,3)17-12-16(15-24-10-8-23(7)9-11-24)13-18(14-17)22-19(25)26-21(4,5)6/h12-14H,8-11,15H2,1-7H3,(H,22,25). The summed E-state index contributed by atoms with van der Waals surface area (Å²) in [4.78, 5) is 17.0. The maximum atomic E-state index is 12.2. The summed E-state index contributed by atoms with van der Waals surface area (Å²) < 4.78 is 5.40. The highest BCUT2D eigenvalue weighted by atomic mass is 16.6. The van der Waals surface area contributed by atoms with Crippen molar-refractivity contribution in [1.82, 2.24) is 9.80 Å². The van der Waals surface area contributed by atoms with E-state index in [4.69, 9.17) is 4.74 Å². The highest BCUT2D eigenvalue weighted by Gasteiger charge is 2.20. The number of hydrogen-bond donors (Lipinski definition) is 1. The molecule has 0 spiro atoms. The number of carbonyl (C=O) groups is 1. The van der Waals surface area contributed by atoms with E-state index in [-0.39, 0.29) is 5.41 Å². The van der Waals surface area contributed by atoms with Crippen molar-refractivity contribution in [3.63, 3.8) is 0 Å². The molecule has 1 aliphatic heterocycles. The molecule has 0 saturated carbocycles. The Morgan fingerprint density at radius 3 is 2.19 bits per heavy atom. The van der Waals surface area contributed by atoms with E-state index in [2.05, 4.69) is 61.1 Å². The van der Waals surface area contributed by atoms with Crippen molar-refractivity contribution in [2.24, 2.45) is 0 Å². The first-order valence-corrected chi connectivity index (χ1v) is 9.48. The number of nitrogens with one attached hydrogen (secondary N) is 1. The Bertz CT molecular complexity index is 621. The summed E-state index contributed by atoms with van der Waals surface area (Å²) in [5.41, 5.74) is 2.76. The summed E-state index contributed by atoms with van der Waals surface area (Å²) in [6, 6.07) is 6.38. The van der Waals surface area contributed by atoms with Gasteiger partial charge in [-0.3, -0.25) is 10.2 Å². The molecule has 1 aliphatic rings. The van der Waals surface area contributed by atoms with E-state index >= 15 is 0 Å². The molecule has 0 radical (unpaired) electrons. The molecule has 1 aromatic carbocycles. The van der Waals surface area contributed by atoms with E-state index in [1.165, 1.54) is 11.1 Å². The van der Waals surface area contributed by atoms with Crippen LogP contribution in [-0.4, -0.2) is 54.7 Å². The molecule has 26 heavy (non-hydrogen) atoms. The Hall–Kier alpha value is -1.59. The Balaban J connectivity index is 2.18. The van der Waals surface area contributed by atoms with Crippen LogP contribution in [0, 0.1) is 0 Å². The Morgan fingerprint density at radius 1 is 1.04 bits per heavy atom. The predicted molar refractivity (Wildman–Crippen MR) is 108 cm³/mol. The van der Waals surface area contributed by atoms with Crippen molar-refractivity contribution in [2.75, 3.05) is 38.5 Å². The van der Waals surface area contributed by atoms with Gasteiger partial charge in [-0.05, 0) is 56.5 Å². The number of likely N-dealkylation sites (N-methyl/N-ethyl adjacent to an activating group) is 1. The van der Waals surface area contributed by atoms with E-state index in [0.717, 1.165) is 38.4 Å². The Morgan fingerprint density at radius 2 is 1.65 bits per heavy atom. The number of amides is 1. The second kappa shape index (κ2) is 7.97. The van der Waals surface area contributed by atoms with Gasteiger partial charge in [0.05, 0.1) is 0 Å². The van der Waals surface area contributed by atoms with Gasteiger partial charge in [0, 0.05) is 38.4 Å². The van der Waals surface area contributed by atoms with Gasteiger partial charge < -0.3 is 9.64 Å². The number of benzene rings is 1. The van der Waals surface area contributed by atoms with Crippen LogP contribution in [0.25, 0.3) is 0 Å². The first-order valence-electron chi connectivity index (χ1n) is 9.48. The lowest BCUT2D eigenvalue weighted by Crippen LogP contribution is -2.43. The zero-order valence-electron chi connectivity index (χ0n) is 17.5. The van der Waals surface area contributed by atoms with Crippen molar-refractivity contribution >= 4 is 11.8 Å². The molecular formula is C21H35N3O2. The van der Waals surface area contributed by atoms with Crippen molar-refractivity contribution in [3.8, 4) is 0 Å². The lowest BCUT2D eigenvalue weighted by atomic mass is 9.85. The molecule has 2 rings (SSSR count). The molecule has 1 aromatic rings. The van der Waals surface area contributed by atoms with E-state index in [9.17, 15) is 4.79 Å². The molecule has 0 unspecified atom stereocenters. The highest BCUT2D eigenvalue weighted by Crippen LogP contribution is 2.27. The molecule has 5 nitrogen and oxygen atoms in total. The number of anilines is 1. The third-order valence-electron chi connectivity index (χ3n) is 4.51. The van der Waals surface area contributed by atoms with Crippen LogP contribution in [-0.2, 0) is 16.7 Å². The molecule has 1 fully saturated rings. The van der Waals surface area contributed by atoms with Gasteiger partial charge in [0.1, 0.15) is 5.60 Å². The number of nitrogens with zero attached hydrogens (tertiary/aromatic N) is 2. The van der Waals surface area contributed by atoms with Gasteiger partial charge in [0.15, 0.2) is 0 Å². The molecule has 0 atom stereocenters. The van der Waals surface area contributed by atoms with Crippen LogP contribution in [0.5, 0.6) is 0 Å². The summed E-state index contributed by atoms with van der Waals surface area (Å²) in [5, 5.41) is 2.91. The number of hydrogen-bond acceptors (Lipinski definition) is 4. The maximum Gasteiger partial charge on any atom is 0.412 e. The molecule has 5 heteroatoms. The largest absolute Gasteiger partial charge is 0.444 e. The zero-order valence-corrected chi connectivity index (χ0v) is 17.5. The lowest BCUT2D eigenvalue weighted by Gasteiger charge is -2.32. The molecule has 146 valence electrons. The first-order chi connectivity index (χ1) is 11.9. The molecule has 1 saturated heterocycles. The molecule has 0 aromatic heterocycles. The average molecular weight is 362 g/mol. The quantitative estimate of drug-likeness (QED) is 0.881. The average Bonchev–Trinajstić information content (AvgIpc) is 2.46. The van der Waals surface area contributed by atoms with Crippen LogP contribution in [0.15, 0.2) is 18.2 Å². The number of ether oxygens (including phenoxy) is 1. The number of piperazine rings is 1. The topological polar surface area (TPSA) is 44.8 Å². The maximum absolute atomic E-state index is 12.2. The Labute approximate surface area is 158 Å². The van der Waals surface area contributed by atoms with Crippen molar-refractivity contribution in [3.05, 3.63) is 29.3 Å². The third kappa shape index (κ3) is 6.61. The second-order valence-corrected chi connectivity index (χ2v) is 9.37. The van der Waals surface area contributed by atoms with Crippen LogP contribution in [0.3, 0.4) is 0 Å². The monoisotopic (exact) mass is 361 g/mol. The fourth-order valence-electron chi connectivity index (χ4n) is 2.97. The van der Waals surface area contributed by atoms with Crippen LogP contribution in [0.1, 0.15) is 52.7 Å². The summed E-state index contributed by atoms with van der Waals surface area (Å²) in [7, 11) is 2.17. The van der Waals surface area contributed by atoms with Gasteiger partial charge >= 0.3 is 6.09 Å². The smallest absolute Gasteiger partial charge is 0.412 e. The van der Waals surface area contributed by atoms with Crippen molar-refractivity contribution in [2.45, 2.75) is 59.1 Å². The van der Waals surface area contributed by atoms with Gasteiger partial charge in [0.2, 0.25) is 0 Å². The molecule has 1 heterocycles. The summed E-state index contributed by atoms with van der Waals surface area (Å²) >= 11 is 0. The van der Waals surface area contributed by atoms with E-state index in [0.29, 0.717) is 0 Å². The van der Waals surface area contributed by atoms with E-state index in [1.807, 2.05) is 20.8 Å². The fourth-order valence-corrected chi connectivity index (χ4v) is 2.97. The highest BCUT2D eigenvalue weighted by molar-refractivity contribution is 5.85. The van der Waals surface area contributed by atoms with E-state index < -0.39 is 11.7 Å². The zero-order chi connectivity index (χ0) is 19.5. The summed E-state index contributed by atoms with van der Waals surface area (Å²) in [5.74, 6) is 0. The van der Waals surface area contributed by atoms with Gasteiger partial charge in [-0.25, -0.2) is 4.79 Å². The first kappa shape index (κ1) is 20.7. The molecule has 0 aliphatic carbocycles. The fraction of sp³-hybridized carbons (Fsp3) is 0.667. The van der Waals surface area contributed by atoms with Crippen LogP contribution in [0.4, 0.5) is 10.5 Å². The summed E-state index contributed by atoms with van der Waals surface area (Å²) in [6.45, 7) is 17.4. The molecule has 1 amide bonds. The van der Waals surface area contributed by atoms with Gasteiger partial charge in [0.25, 0.3) is 0 Å². The van der Waals surface area contributed by atoms with Crippen molar-refractivity contribution < 1.29 is 9.53 Å². The van der Waals surface area contributed by atoms with Crippen LogP contribution >= 0.6 is 0 Å². The van der Waals surface area contributed by atoms with Gasteiger partial charge in [-0.2, -0.15) is 0 Å². The normalized spacial score (nSPS) is 17.2. The number of rotatable bonds is 3. The minimum Gasteiger partial charge on any atom is -0.444 e. The van der Waals surface area contributed by atoms with Crippen LogP contribution < -0.4 is 5.32 Å². The SMILES string of the molecule is CN1CCN(Cc2cc(NC(=O)OC(C)(C)C)cc(C(C)(C)C)c2)CC1. The second-order valence-electron chi connectivity index (χ2n) is 9.37. The van der Waals surface area contributed by atoms with Crippen LogP contribution in [0.2, 0.25) is 0 Å². The minimum absolute atomic E-state index is 0.0164. The summed E-state index contributed by atoms with van der Waals surface area (Å²) in [6.07, 6.45) is -0.408. The third-order valence-corrected chi connectivity index (χ3v) is 4.51. The predicted octanol–water partition coefficient (Wildman–Crippen LogP) is 4.08.